The Hall–Kier alpha value is -2.69. The van der Waals surface area contributed by atoms with E-state index in [1.807, 2.05) is 12.1 Å². The van der Waals surface area contributed by atoms with Gasteiger partial charge >= 0.3 is 5.97 Å². The van der Waals surface area contributed by atoms with Crippen molar-refractivity contribution < 1.29 is 18.7 Å². The van der Waals surface area contributed by atoms with E-state index in [1.54, 1.807) is 18.2 Å². The van der Waals surface area contributed by atoms with Crippen LogP contribution in [0.4, 0.5) is 10.1 Å². The summed E-state index contributed by atoms with van der Waals surface area (Å²) in [6.45, 7) is 0. The zero-order chi connectivity index (χ0) is 16.4. The minimum Gasteiger partial charge on any atom is -0.467 e. The van der Waals surface area contributed by atoms with E-state index < -0.39 is 23.7 Å². The van der Waals surface area contributed by atoms with Crippen LogP contribution in [-0.4, -0.2) is 25.0 Å². The molecule has 0 saturated carbocycles. The number of methoxy groups -OCH3 is 1. The number of fused-ring (bicyclic) bond motifs is 1. The number of amides is 1. The van der Waals surface area contributed by atoms with Crippen molar-refractivity contribution in [2.45, 2.75) is 18.9 Å². The van der Waals surface area contributed by atoms with Gasteiger partial charge in [-0.25, -0.2) is 9.18 Å². The van der Waals surface area contributed by atoms with Crippen LogP contribution in [0, 0.1) is 5.82 Å². The molecule has 1 aliphatic rings. The molecule has 0 aromatic heterocycles. The molecule has 0 N–H and O–H groups in total. The van der Waals surface area contributed by atoms with Gasteiger partial charge in [0, 0.05) is 5.69 Å². The molecule has 2 aromatic carbocycles. The van der Waals surface area contributed by atoms with Crippen molar-refractivity contribution in [2.24, 2.45) is 0 Å². The number of para-hydroxylation sites is 1. The Labute approximate surface area is 133 Å². The zero-order valence-electron chi connectivity index (χ0n) is 12.7. The molecule has 0 spiro atoms. The first-order valence-electron chi connectivity index (χ1n) is 7.37. The molecule has 118 valence electrons. The number of rotatable bonds is 2. The molecule has 23 heavy (non-hydrogen) atoms. The second-order valence-corrected chi connectivity index (χ2v) is 5.36. The number of nitrogens with zero attached hydrogens (tertiary/aromatic N) is 1. The van der Waals surface area contributed by atoms with Crippen LogP contribution in [0.3, 0.4) is 0 Å². The van der Waals surface area contributed by atoms with Crippen molar-refractivity contribution in [3.05, 3.63) is 65.5 Å². The van der Waals surface area contributed by atoms with Gasteiger partial charge in [-0.05, 0) is 36.6 Å². The molecule has 4 nitrogen and oxygen atoms in total. The van der Waals surface area contributed by atoms with E-state index in [1.165, 1.54) is 30.2 Å². The topological polar surface area (TPSA) is 46.6 Å². The maximum atomic E-state index is 14.0. The van der Waals surface area contributed by atoms with Crippen molar-refractivity contribution in [3.8, 4) is 0 Å². The van der Waals surface area contributed by atoms with E-state index >= 15 is 0 Å². The average molecular weight is 313 g/mol. The summed E-state index contributed by atoms with van der Waals surface area (Å²) in [4.78, 5) is 26.3. The average Bonchev–Trinajstić information content (AvgIpc) is 2.60. The maximum Gasteiger partial charge on any atom is 0.328 e. The molecule has 1 amide bonds. The standard InChI is InChI=1S/C18H16FNO3/c1-23-18(22)16-11-10-12-6-2-5-9-15(12)20(16)17(21)13-7-3-4-8-14(13)19/h2-9,16H,10-11H2,1H3/t16-/m1/s1. The van der Waals surface area contributed by atoms with Crippen LogP contribution in [0.1, 0.15) is 22.3 Å². The van der Waals surface area contributed by atoms with Crippen LogP contribution in [-0.2, 0) is 16.0 Å². The Bertz CT molecular complexity index is 759. The molecule has 0 radical (unpaired) electrons. The molecule has 1 atom stereocenters. The number of anilines is 1. The van der Waals surface area contributed by atoms with Gasteiger partial charge in [0.2, 0.25) is 0 Å². The summed E-state index contributed by atoms with van der Waals surface area (Å²) in [5, 5.41) is 0. The molecular formula is C18H16FNO3. The molecule has 1 heterocycles. The predicted octanol–water partition coefficient (Wildman–Crippen LogP) is 2.96. The molecule has 0 saturated heterocycles. The van der Waals surface area contributed by atoms with E-state index in [4.69, 9.17) is 4.74 Å². The highest BCUT2D eigenvalue weighted by molar-refractivity contribution is 6.10. The molecule has 2 aromatic rings. The molecule has 0 bridgehead atoms. The number of benzene rings is 2. The Balaban J connectivity index is 2.09. The monoisotopic (exact) mass is 313 g/mol. The third-order valence-electron chi connectivity index (χ3n) is 4.05. The number of halogens is 1. The number of esters is 1. The quantitative estimate of drug-likeness (QED) is 0.801. The summed E-state index contributed by atoms with van der Waals surface area (Å²) in [5.74, 6) is -1.64. The second-order valence-electron chi connectivity index (χ2n) is 5.36. The maximum absolute atomic E-state index is 14.0. The van der Waals surface area contributed by atoms with Crippen molar-refractivity contribution in [1.82, 2.24) is 0 Å². The van der Waals surface area contributed by atoms with Gasteiger partial charge in [-0.3, -0.25) is 9.69 Å². The van der Waals surface area contributed by atoms with Gasteiger partial charge in [0.05, 0.1) is 12.7 Å². The summed E-state index contributed by atoms with van der Waals surface area (Å²) in [5.41, 5.74) is 1.53. The van der Waals surface area contributed by atoms with Crippen LogP contribution in [0.5, 0.6) is 0 Å². The highest BCUT2D eigenvalue weighted by Gasteiger charge is 2.37. The Morgan fingerprint density at radius 2 is 1.83 bits per heavy atom. The van der Waals surface area contributed by atoms with Crippen molar-refractivity contribution in [2.75, 3.05) is 12.0 Å². The van der Waals surface area contributed by atoms with Gasteiger partial charge in [0.15, 0.2) is 0 Å². The summed E-state index contributed by atoms with van der Waals surface area (Å²) < 4.78 is 18.8. The van der Waals surface area contributed by atoms with Crippen molar-refractivity contribution in [1.29, 1.82) is 0 Å². The SMILES string of the molecule is COC(=O)[C@H]1CCc2ccccc2N1C(=O)c1ccccc1F. The van der Waals surface area contributed by atoms with Gasteiger partial charge in [0.1, 0.15) is 11.9 Å². The van der Waals surface area contributed by atoms with Gasteiger partial charge in [0.25, 0.3) is 5.91 Å². The fourth-order valence-corrected chi connectivity index (χ4v) is 2.92. The molecule has 0 aliphatic carbocycles. The van der Waals surface area contributed by atoms with Crippen molar-refractivity contribution in [3.63, 3.8) is 0 Å². The van der Waals surface area contributed by atoms with Crippen LogP contribution >= 0.6 is 0 Å². The number of ether oxygens (including phenoxy) is 1. The van der Waals surface area contributed by atoms with Crippen LogP contribution in [0.15, 0.2) is 48.5 Å². The van der Waals surface area contributed by atoms with E-state index in [0.717, 1.165) is 5.56 Å². The lowest BCUT2D eigenvalue weighted by Gasteiger charge is -2.35. The first kappa shape index (κ1) is 15.2. The number of hydrogen-bond donors (Lipinski definition) is 0. The first-order valence-corrected chi connectivity index (χ1v) is 7.37. The molecule has 1 aliphatic heterocycles. The van der Waals surface area contributed by atoms with Gasteiger partial charge in [-0.15, -0.1) is 0 Å². The second kappa shape index (κ2) is 6.20. The van der Waals surface area contributed by atoms with Crippen LogP contribution < -0.4 is 4.90 Å². The summed E-state index contributed by atoms with van der Waals surface area (Å²) in [7, 11) is 1.29. The molecule has 5 heteroatoms. The Morgan fingerprint density at radius 3 is 2.57 bits per heavy atom. The molecule has 3 rings (SSSR count). The lowest BCUT2D eigenvalue weighted by atomic mass is 9.94. The summed E-state index contributed by atoms with van der Waals surface area (Å²) in [6.07, 6.45) is 1.11. The van der Waals surface area contributed by atoms with Gasteiger partial charge in [-0.1, -0.05) is 30.3 Å². The summed E-state index contributed by atoms with van der Waals surface area (Å²) in [6, 6.07) is 12.4. The van der Waals surface area contributed by atoms with E-state index in [0.29, 0.717) is 18.5 Å². The van der Waals surface area contributed by atoms with E-state index in [-0.39, 0.29) is 5.56 Å². The fourth-order valence-electron chi connectivity index (χ4n) is 2.92. The lowest BCUT2D eigenvalue weighted by molar-refractivity contribution is -0.142. The van der Waals surface area contributed by atoms with Gasteiger partial charge in [-0.2, -0.15) is 0 Å². The van der Waals surface area contributed by atoms with Crippen molar-refractivity contribution >= 4 is 17.6 Å². The third-order valence-corrected chi connectivity index (χ3v) is 4.05. The van der Waals surface area contributed by atoms with Crippen LogP contribution in [0.25, 0.3) is 0 Å². The molecular weight excluding hydrogens is 297 g/mol. The summed E-state index contributed by atoms with van der Waals surface area (Å²) >= 11 is 0. The molecule has 0 unspecified atom stereocenters. The predicted molar refractivity (Wildman–Crippen MR) is 83.8 cm³/mol. The minimum absolute atomic E-state index is 0.0573. The lowest BCUT2D eigenvalue weighted by Crippen LogP contribution is -2.49. The first-order chi connectivity index (χ1) is 11.1. The van der Waals surface area contributed by atoms with E-state index in [2.05, 4.69) is 0 Å². The van der Waals surface area contributed by atoms with E-state index in [9.17, 15) is 14.0 Å². The Kier molecular flexibility index (Phi) is 4.10. The minimum atomic E-state index is -0.748. The zero-order valence-corrected chi connectivity index (χ0v) is 12.7. The van der Waals surface area contributed by atoms with Gasteiger partial charge < -0.3 is 4.74 Å². The number of hydrogen-bond acceptors (Lipinski definition) is 3. The highest BCUT2D eigenvalue weighted by Crippen LogP contribution is 2.32. The number of carbonyl (C=O) groups excluding carboxylic acids is 2. The Morgan fingerprint density at radius 1 is 1.13 bits per heavy atom. The third kappa shape index (κ3) is 2.70. The number of aryl methyl sites for hydroxylation is 1. The normalized spacial score (nSPS) is 16.6. The smallest absolute Gasteiger partial charge is 0.328 e. The fraction of sp³-hybridized carbons (Fsp3) is 0.222. The highest BCUT2D eigenvalue weighted by atomic mass is 19.1. The number of carbonyl (C=O) groups is 2. The van der Waals surface area contributed by atoms with Crippen LogP contribution in [0.2, 0.25) is 0 Å². The largest absolute Gasteiger partial charge is 0.467 e. The molecule has 0 fully saturated rings.